The second kappa shape index (κ2) is 10.4. The number of carboxylic acids is 1. The molecule has 0 spiro atoms. The van der Waals surface area contributed by atoms with Gasteiger partial charge in [-0.05, 0) is 43.0 Å². The zero-order valence-corrected chi connectivity index (χ0v) is 19.4. The zero-order valence-electron chi connectivity index (χ0n) is 19.4. The maximum atomic E-state index is 12.7. The second-order valence-electron chi connectivity index (χ2n) is 8.59. The molecule has 0 aliphatic heterocycles. The molecule has 0 radical (unpaired) electrons. The van der Waals surface area contributed by atoms with Gasteiger partial charge in [0.15, 0.2) is 0 Å². The van der Waals surface area contributed by atoms with Gasteiger partial charge in [-0.3, -0.25) is 14.4 Å². The van der Waals surface area contributed by atoms with Crippen molar-refractivity contribution in [2.75, 3.05) is 13.2 Å². The van der Waals surface area contributed by atoms with Crippen molar-refractivity contribution < 1.29 is 29.0 Å². The molecule has 4 N–H and O–H groups in total. The molecule has 9 nitrogen and oxygen atoms in total. The Morgan fingerprint density at radius 3 is 2.09 bits per heavy atom. The number of aliphatic carboxylic acids is 1. The molecule has 180 valence electrons. The Balaban J connectivity index is 1.67. The molecule has 34 heavy (non-hydrogen) atoms. The summed E-state index contributed by atoms with van der Waals surface area (Å²) in [5, 5.41) is 16.6. The van der Waals surface area contributed by atoms with Crippen LogP contribution in [0.25, 0.3) is 11.1 Å². The number of carbonyl (C=O) groups is 4. The summed E-state index contributed by atoms with van der Waals surface area (Å²) in [6.45, 7) is 5.10. The predicted molar refractivity (Wildman–Crippen MR) is 125 cm³/mol. The number of rotatable bonds is 9. The van der Waals surface area contributed by atoms with Gasteiger partial charge in [-0.2, -0.15) is 0 Å². The van der Waals surface area contributed by atoms with E-state index in [-0.39, 0.29) is 12.5 Å². The Bertz CT molecular complexity index is 1050. The fraction of sp³-hybridized carbons (Fsp3) is 0.360. The number of ether oxygens (including phenoxy) is 1. The number of carbonyl (C=O) groups excluding carboxylic acids is 3. The first-order valence-corrected chi connectivity index (χ1v) is 11.1. The fourth-order valence-corrected chi connectivity index (χ4v) is 4.00. The number of fused-ring (bicyclic) bond motifs is 3. The van der Waals surface area contributed by atoms with Crippen LogP contribution in [-0.2, 0) is 19.1 Å². The molecule has 3 amide bonds. The van der Waals surface area contributed by atoms with Crippen LogP contribution in [0.3, 0.4) is 0 Å². The first-order chi connectivity index (χ1) is 16.1. The number of alkyl carbamates (subject to hydrolysis) is 1. The summed E-state index contributed by atoms with van der Waals surface area (Å²) in [4.78, 5) is 48.7. The summed E-state index contributed by atoms with van der Waals surface area (Å²) in [6, 6.07) is 14.3. The molecular weight excluding hydrogens is 438 g/mol. The van der Waals surface area contributed by atoms with E-state index in [9.17, 15) is 24.3 Å². The highest BCUT2D eigenvalue weighted by Crippen LogP contribution is 2.44. The molecular formula is C25H29N3O6. The highest BCUT2D eigenvalue weighted by Gasteiger charge is 2.34. The molecule has 0 saturated heterocycles. The second-order valence-corrected chi connectivity index (χ2v) is 8.59. The van der Waals surface area contributed by atoms with Crippen LogP contribution in [0.4, 0.5) is 4.79 Å². The van der Waals surface area contributed by atoms with Crippen molar-refractivity contribution in [3.8, 4) is 11.1 Å². The maximum absolute atomic E-state index is 12.7. The summed E-state index contributed by atoms with van der Waals surface area (Å²) in [5.74, 6) is -2.69. The minimum atomic E-state index is -1.41. The van der Waals surface area contributed by atoms with Crippen LogP contribution >= 0.6 is 0 Å². The molecule has 0 heterocycles. The lowest BCUT2D eigenvalue weighted by molar-refractivity contribution is -0.140. The summed E-state index contributed by atoms with van der Waals surface area (Å²) in [5.41, 5.74) is 2.90. The monoisotopic (exact) mass is 467 g/mol. The van der Waals surface area contributed by atoms with Crippen molar-refractivity contribution in [2.45, 2.75) is 44.7 Å². The van der Waals surface area contributed by atoms with E-state index in [0.29, 0.717) is 6.54 Å². The summed E-state index contributed by atoms with van der Waals surface area (Å²) in [7, 11) is 0. The minimum Gasteiger partial charge on any atom is -0.481 e. The van der Waals surface area contributed by atoms with Gasteiger partial charge in [-0.25, -0.2) is 4.79 Å². The van der Waals surface area contributed by atoms with E-state index in [0.717, 1.165) is 22.3 Å². The summed E-state index contributed by atoms with van der Waals surface area (Å²) < 4.78 is 5.42. The average molecular weight is 468 g/mol. The Labute approximate surface area is 197 Å². The van der Waals surface area contributed by atoms with Gasteiger partial charge in [-0.1, -0.05) is 48.5 Å². The van der Waals surface area contributed by atoms with E-state index in [1.54, 1.807) is 6.92 Å². The van der Waals surface area contributed by atoms with Gasteiger partial charge in [0.1, 0.15) is 18.2 Å². The minimum absolute atomic E-state index is 0.0195. The first-order valence-electron chi connectivity index (χ1n) is 11.1. The van der Waals surface area contributed by atoms with Gasteiger partial charge >= 0.3 is 12.1 Å². The standard InChI is InChI=1S/C25H29N3O6/c1-4-26-23(32)25(2,3)28-22(31)20(13-21(29)30)27-24(33)34-14-19-17-11-7-5-9-15(17)16-10-6-8-12-18(16)19/h5-12,19-20H,4,13-14H2,1-3H3,(H,26,32)(H,27,33)(H,28,31)(H,29,30). The van der Waals surface area contributed by atoms with Crippen molar-refractivity contribution in [3.05, 3.63) is 59.7 Å². The quantitative estimate of drug-likeness (QED) is 0.448. The molecule has 9 heteroatoms. The van der Waals surface area contributed by atoms with E-state index < -0.39 is 41.9 Å². The molecule has 2 aromatic rings. The van der Waals surface area contributed by atoms with Gasteiger partial charge < -0.3 is 25.8 Å². The van der Waals surface area contributed by atoms with Gasteiger partial charge in [0.25, 0.3) is 0 Å². The third kappa shape index (κ3) is 5.54. The first kappa shape index (κ1) is 24.8. The average Bonchev–Trinajstić information content (AvgIpc) is 3.10. The van der Waals surface area contributed by atoms with Crippen LogP contribution in [0.1, 0.15) is 44.2 Å². The number of amides is 3. The molecule has 3 rings (SSSR count). The largest absolute Gasteiger partial charge is 0.481 e. The fourth-order valence-electron chi connectivity index (χ4n) is 4.00. The lowest BCUT2D eigenvalue weighted by atomic mass is 9.98. The van der Waals surface area contributed by atoms with Crippen LogP contribution < -0.4 is 16.0 Å². The molecule has 1 aliphatic rings. The molecule has 1 unspecified atom stereocenters. The lowest BCUT2D eigenvalue weighted by Crippen LogP contribution is -2.59. The van der Waals surface area contributed by atoms with Crippen LogP contribution in [0.15, 0.2) is 48.5 Å². The molecule has 1 aliphatic carbocycles. The summed E-state index contributed by atoms with van der Waals surface area (Å²) in [6.07, 6.45) is -1.58. The van der Waals surface area contributed by atoms with Gasteiger partial charge in [0.05, 0.1) is 6.42 Å². The normalized spacial score (nSPS) is 13.3. The van der Waals surface area contributed by atoms with Crippen LogP contribution in [-0.4, -0.2) is 53.7 Å². The summed E-state index contributed by atoms with van der Waals surface area (Å²) >= 11 is 0. The van der Waals surface area contributed by atoms with Crippen LogP contribution in [0.5, 0.6) is 0 Å². The Morgan fingerprint density at radius 1 is 1.00 bits per heavy atom. The highest BCUT2D eigenvalue weighted by atomic mass is 16.5. The number of likely N-dealkylation sites (N-methyl/N-ethyl adjacent to an activating group) is 1. The Morgan fingerprint density at radius 2 is 1.56 bits per heavy atom. The lowest BCUT2D eigenvalue weighted by Gasteiger charge is -2.27. The van der Waals surface area contributed by atoms with Gasteiger partial charge in [0.2, 0.25) is 11.8 Å². The third-order valence-electron chi connectivity index (χ3n) is 5.67. The molecule has 1 atom stereocenters. The van der Waals surface area contributed by atoms with E-state index in [4.69, 9.17) is 4.74 Å². The van der Waals surface area contributed by atoms with Crippen molar-refractivity contribution in [1.82, 2.24) is 16.0 Å². The Kier molecular flexibility index (Phi) is 7.55. The van der Waals surface area contributed by atoms with Crippen molar-refractivity contribution in [2.24, 2.45) is 0 Å². The van der Waals surface area contributed by atoms with Crippen molar-refractivity contribution >= 4 is 23.9 Å². The van der Waals surface area contributed by atoms with Crippen LogP contribution in [0.2, 0.25) is 0 Å². The number of hydrogen-bond donors (Lipinski definition) is 4. The van der Waals surface area contributed by atoms with E-state index >= 15 is 0 Å². The number of carboxylic acid groups (broad SMARTS) is 1. The molecule has 0 saturated carbocycles. The SMILES string of the molecule is CCNC(=O)C(C)(C)NC(=O)C(CC(=O)O)NC(=O)OCC1c2ccccc2-c2ccccc21. The number of benzene rings is 2. The van der Waals surface area contributed by atoms with E-state index in [1.807, 2.05) is 48.5 Å². The molecule has 0 aromatic heterocycles. The van der Waals surface area contributed by atoms with Gasteiger partial charge in [-0.15, -0.1) is 0 Å². The Hall–Kier alpha value is -3.88. The maximum Gasteiger partial charge on any atom is 0.407 e. The van der Waals surface area contributed by atoms with Crippen molar-refractivity contribution in [1.29, 1.82) is 0 Å². The van der Waals surface area contributed by atoms with Gasteiger partial charge in [0, 0.05) is 12.5 Å². The number of nitrogens with one attached hydrogen (secondary N) is 3. The smallest absolute Gasteiger partial charge is 0.407 e. The van der Waals surface area contributed by atoms with E-state index in [1.165, 1.54) is 13.8 Å². The topological polar surface area (TPSA) is 134 Å². The van der Waals surface area contributed by atoms with E-state index in [2.05, 4.69) is 16.0 Å². The highest BCUT2D eigenvalue weighted by molar-refractivity contribution is 5.95. The molecule has 0 fully saturated rings. The van der Waals surface area contributed by atoms with Crippen molar-refractivity contribution in [3.63, 3.8) is 0 Å². The van der Waals surface area contributed by atoms with Crippen LogP contribution in [0, 0.1) is 0 Å². The third-order valence-corrected chi connectivity index (χ3v) is 5.67. The number of hydrogen-bond acceptors (Lipinski definition) is 5. The molecule has 2 aromatic carbocycles. The zero-order chi connectivity index (χ0) is 24.9. The predicted octanol–water partition coefficient (Wildman–Crippen LogP) is 2.40. The molecule has 0 bridgehead atoms.